The summed E-state index contributed by atoms with van der Waals surface area (Å²) in [6.07, 6.45) is 0. The van der Waals surface area contributed by atoms with Crippen molar-refractivity contribution in [1.29, 1.82) is 0 Å². The molecule has 6 heteroatoms. The van der Waals surface area contributed by atoms with Crippen LogP contribution >= 0.6 is 11.6 Å². The average molecular weight is 300 g/mol. The van der Waals surface area contributed by atoms with Gasteiger partial charge in [-0.25, -0.2) is 0 Å². The fourth-order valence-electron chi connectivity index (χ4n) is 1.46. The van der Waals surface area contributed by atoms with Crippen molar-refractivity contribution < 1.29 is 19.1 Å². The third-order valence-electron chi connectivity index (χ3n) is 2.54. The molecule has 0 saturated carbocycles. The first-order valence-electron chi connectivity index (χ1n) is 6.22. The maximum absolute atomic E-state index is 11.8. The zero-order chi connectivity index (χ0) is 15.1. The van der Waals surface area contributed by atoms with E-state index in [1.165, 1.54) is 11.9 Å². The van der Waals surface area contributed by atoms with Gasteiger partial charge in [-0.2, -0.15) is 0 Å². The predicted molar refractivity (Wildman–Crippen MR) is 76.0 cm³/mol. The summed E-state index contributed by atoms with van der Waals surface area (Å²) in [4.78, 5) is 24.3. The summed E-state index contributed by atoms with van der Waals surface area (Å²) in [7, 11) is 1.51. The Morgan fingerprint density at radius 1 is 1.35 bits per heavy atom. The van der Waals surface area contributed by atoms with Gasteiger partial charge in [-0.1, -0.05) is 17.7 Å². The zero-order valence-corrected chi connectivity index (χ0v) is 12.6. The first-order chi connectivity index (χ1) is 9.43. The molecule has 0 bridgehead atoms. The van der Waals surface area contributed by atoms with E-state index in [1.54, 1.807) is 19.1 Å². The summed E-state index contributed by atoms with van der Waals surface area (Å²) >= 11 is 5.96. The third-order valence-corrected chi connectivity index (χ3v) is 2.85. The Balaban J connectivity index is 2.50. The van der Waals surface area contributed by atoms with E-state index in [0.717, 1.165) is 5.56 Å². The second-order valence-electron chi connectivity index (χ2n) is 4.28. The molecule has 0 saturated heterocycles. The average Bonchev–Trinajstić information content (AvgIpc) is 2.39. The molecular formula is C14H18ClNO4. The lowest BCUT2D eigenvalue weighted by Crippen LogP contribution is -2.36. The van der Waals surface area contributed by atoms with E-state index in [4.69, 9.17) is 21.1 Å². The third kappa shape index (κ3) is 5.09. The topological polar surface area (TPSA) is 55.8 Å². The number of hydrogen-bond donors (Lipinski definition) is 0. The Hall–Kier alpha value is -1.75. The van der Waals surface area contributed by atoms with Crippen LogP contribution in [0.3, 0.4) is 0 Å². The fraction of sp³-hybridized carbons (Fsp3) is 0.429. The SMILES string of the molecule is CCOC(=O)CN(C)C(=O)COc1cc(C)ccc1Cl. The lowest BCUT2D eigenvalue weighted by molar-refractivity contribution is -0.148. The number of aryl methyl sites for hydroxylation is 1. The molecule has 0 aliphatic heterocycles. The maximum Gasteiger partial charge on any atom is 0.325 e. The van der Waals surface area contributed by atoms with Gasteiger partial charge in [-0.3, -0.25) is 9.59 Å². The van der Waals surface area contributed by atoms with E-state index in [9.17, 15) is 9.59 Å². The van der Waals surface area contributed by atoms with Gasteiger partial charge in [0.05, 0.1) is 11.6 Å². The van der Waals surface area contributed by atoms with E-state index in [-0.39, 0.29) is 25.7 Å². The number of benzene rings is 1. The first kappa shape index (κ1) is 16.3. The Morgan fingerprint density at radius 2 is 2.05 bits per heavy atom. The highest BCUT2D eigenvalue weighted by molar-refractivity contribution is 6.32. The lowest BCUT2D eigenvalue weighted by Gasteiger charge is -2.16. The van der Waals surface area contributed by atoms with Crippen LogP contribution in [0.4, 0.5) is 0 Å². The van der Waals surface area contributed by atoms with E-state index in [0.29, 0.717) is 10.8 Å². The molecule has 1 aromatic rings. The van der Waals surface area contributed by atoms with Crippen LogP contribution in [0.15, 0.2) is 18.2 Å². The van der Waals surface area contributed by atoms with Gasteiger partial charge in [-0.15, -0.1) is 0 Å². The molecule has 110 valence electrons. The van der Waals surface area contributed by atoms with Crippen LogP contribution < -0.4 is 4.74 Å². The monoisotopic (exact) mass is 299 g/mol. The molecule has 1 aromatic carbocycles. The number of carbonyl (C=O) groups excluding carboxylic acids is 2. The van der Waals surface area contributed by atoms with E-state index >= 15 is 0 Å². The van der Waals surface area contributed by atoms with Crippen molar-refractivity contribution in [2.45, 2.75) is 13.8 Å². The van der Waals surface area contributed by atoms with Gasteiger partial charge in [0, 0.05) is 7.05 Å². The van der Waals surface area contributed by atoms with Crippen LogP contribution in [-0.2, 0) is 14.3 Å². The minimum Gasteiger partial charge on any atom is -0.482 e. The standard InChI is InChI=1S/C14H18ClNO4/c1-4-19-14(18)8-16(3)13(17)9-20-12-7-10(2)5-6-11(12)15/h5-7H,4,8-9H2,1-3H3. The zero-order valence-electron chi connectivity index (χ0n) is 11.8. The molecule has 20 heavy (non-hydrogen) atoms. The molecular weight excluding hydrogens is 282 g/mol. The molecule has 0 spiro atoms. The smallest absolute Gasteiger partial charge is 0.325 e. The molecule has 5 nitrogen and oxygen atoms in total. The summed E-state index contributed by atoms with van der Waals surface area (Å²) < 4.78 is 10.1. The van der Waals surface area contributed by atoms with Crippen molar-refractivity contribution in [2.24, 2.45) is 0 Å². The Kier molecular flexibility index (Phi) is 6.31. The number of carbonyl (C=O) groups is 2. The van der Waals surface area contributed by atoms with Crippen molar-refractivity contribution >= 4 is 23.5 Å². The molecule has 0 aromatic heterocycles. The van der Waals surface area contributed by atoms with Gasteiger partial charge in [0.2, 0.25) is 0 Å². The number of ether oxygens (including phenoxy) is 2. The summed E-state index contributed by atoms with van der Waals surface area (Å²) in [5, 5.41) is 0.441. The number of likely N-dealkylation sites (N-methyl/N-ethyl adjacent to an activating group) is 1. The van der Waals surface area contributed by atoms with Gasteiger partial charge >= 0.3 is 5.97 Å². The van der Waals surface area contributed by atoms with Gasteiger partial charge in [0.15, 0.2) is 6.61 Å². The fourth-order valence-corrected chi connectivity index (χ4v) is 1.63. The Morgan fingerprint density at radius 3 is 2.70 bits per heavy atom. The highest BCUT2D eigenvalue weighted by Crippen LogP contribution is 2.25. The van der Waals surface area contributed by atoms with E-state index in [1.807, 2.05) is 13.0 Å². The number of nitrogens with zero attached hydrogens (tertiary/aromatic N) is 1. The largest absolute Gasteiger partial charge is 0.482 e. The highest BCUT2D eigenvalue weighted by atomic mass is 35.5. The van der Waals surface area contributed by atoms with E-state index < -0.39 is 5.97 Å². The van der Waals surface area contributed by atoms with Crippen LogP contribution in [-0.4, -0.2) is 43.6 Å². The minimum absolute atomic E-state index is 0.0996. The molecule has 0 N–H and O–H groups in total. The highest BCUT2D eigenvalue weighted by Gasteiger charge is 2.14. The van der Waals surface area contributed by atoms with Gasteiger partial charge < -0.3 is 14.4 Å². The van der Waals surface area contributed by atoms with Crippen molar-refractivity contribution in [2.75, 3.05) is 26.8 Å². The first-order valence-corrected chi connectivity index (χ1v) is 6.60. The van der Waals surface area contributed by atoms with Crippen LogP contribution in [0.2, 0.25) is 5.02 Å². The number of hydrogen-bond acceptors (Lipinski definition) is 4. The lowest BCUT2D eigenvalue weighted by atomic mass is 10.2. The molecule has 0 heterocycles. The normalized spacial score (nSPS) is 10.0. The van der Waals surface area contributed by atoms with Gasteiger partial charge in [0.1, 0.15) is 12.3 Å². The maximum atomic E-state index is 11.8. The quantitative estimate of drug-likeness (QED) is 0.754. The minimum atomic E-state index is -0.447. The number of esters is 1. The molecule has 0 atom stereocenters. The van der Waals surface area contributed by atoms with Crippen molar-refractivity contribution in [3.63, 3.8) is 0 Å². The molecule has 0 radical (unpaired) electrons. The summed E-state index contributed by atoms with van der Waals surface area (Å²) in [6, 6.07) is 5.31. The number of rotatable bonds is 6. The van der Waals surface area contributed by atoms with E-state index in [2.05, 4.69) is 0 Å². The van der Waals surface area contributed by atoms with Crippen LogP contribution in [0, 0.1) is 6.92 Å². The second kappa shape index (κ2) is 7.75. The molecule has 0 unspecified atom stereocenters. The van der Waals surface area contributed by atoms with Crippen LogP contribution in [0.25, 0.3) is 0 Å². The second-order valence-corrected chi connectivity index (χ2v) is 4.68. The van der Waals surface area contributed by atoms with Crippen molar-refractivity contribution in [3.05, 3.63) is 28.8 Å². The number of amides is 1. The predicted octanol–water partition coefficient (Wildman–Crippen LogP) is 2.05. The molecule has 0 aliphatic rings. The molecule has 1 amide bonds. The van der Waals surface area contributed by atoms with Gasteiger partial charge in [0.25, 0.3) is 5.91 Å². The molecule has 0 fully saturated rings. The van der Waals surface area contributed by atoms with Crippen LogP contribution in [0.5, 0.6) is 5.75 Å². The Bertz CT molecular complexity index is 490. The number of halogens is 1. The van der Waals surface area contributed by atoms with Crippen molar-refractivity contribution in [3.8, 4) is 5.75 Å². The Labute approximate surface area is 123 Å². The van der Waals surface area contributed by atoms with Crippen molar-refractivity contribution in [1.82, 2.24) is 4.90 Å². The molecule has 1 rings (SSSR count). The van der Waals surface area contributed by atoms with Crippen LogP contribution in [0.1, 0.15) is 12.5 Å². The summed E-state index contributed by atoms with van der Waals surface area (Å²) in [5.74, 6) is -0.322. The molecule has 0 aliphatic carbocycles. The summed E-state index contributed by atoms with van der Waals surface area (Å²) in [6.45, 7) is 3.62. The van der Waals surface area contributed by atoms with Gasteiger partial charge in [-0.05, 0) is 31.5 Å². The summed E-state index contributed by atoms with van der Waals surface area (Å²) in [5.41, 5.74) is 0.983.